The summed E-state index contributed by atoms with van der Waals surface area (Å²) in [5, 5.41) is 3.22. The van der Waals surface area contributed by atoms with E-state index in [0.717, 1.165) is 33.8 Å². The van der Waals surface area contributed by atoms with E-state index in [-0.39, 0.29) is 33.8 Å². The third-order valence-corrected chi connectivity index (χ3v) is 9.12. The van der Waals surface area contributed by atoms with E-state index < -0.39 is 28.5 Å². The lowest BCUT2D eigenvalue weighted by atomic mass is 10.1. The lowest BCUT2D eigenvalue weighted by Gasteiger charge is -2.34. The summed E-state index contributed by atoms with van der Waals surface area (Å²) in [6, 6.07) is 17.8. The number of benzene rings is 3. The molecule has 0 fully saturated rings. The number of aryl methyl sites for hydroxylation is 2. The highest BCUT2D eigenvalue weighted by molar-refractivity contribution is 7.92. The monoisotopic (exact) mass is 613 g/mol. The van der Waals surface area contributed by atoms with E-state index in [2.05, 4.69) is 5.32 Å². The molecule has 10 heteroatoms. The Morgan fingerprint density at radius 2 is 1.69 bits per heavy atom. The molecule has 1 atom stereocenters. The highest BCUT2D eigenvalue weighted by Gasteiger charge is 2.35. The summed E-state index contributed by atoms with van der Waals surface area (Å²) in [4.78, 5) is 29.1. The Balaban J connectivity index is 2.11. The predicted octanol–water partition coefficient (Wildman–Crippen LogP) is 5.88. The summed E-state index contributed by atoms with van der Waals surface area (Å²) < 4.78 is 34.7. The maximum absolute atomic E-state index is 14.3. The van der Waals surface area contributed by atoms with Gasteiger partial charge in [0, 0.05) is 18.1 Å². The summed E-state index contributed by atoms with van der Waals surface area (Å²) in [7, 11) is -2.83. The van der Waals surface area contributed by atoms with Crippen molar-refractivity contribution < 1.29 is 22.7 Å². The van der Waals surface area contributed by atoms with Gasteiger partial charge in [0.25, 0.3) is 10.0 Å². The van der Waals surface area contributed by atoms with E-state index in [9.17, 15) is 18.0 Å². The molecule has 0 spiro atoms. The highest BCUT2D eigenvalue weighted by atomic mass is 35.5. The molecule has 2 amide bonds. The molecule has 0 saturated carbocycles. The van der Waals surface area contributed by atoms with Crippen molar-refractivity contribution in [3.05, 3.63) is 88.4 Å². The van der Waals surface area contributed by atoms with Gasteiger partial charge in [-0.25, -0.2) is 8.42 Å². The zero-order chi connectivity index (χ0) is 30.9. The summed E-state index contributed by atoms with van der Waals surface area (Å²) in [5.74, 6) is -0.577. The number of unbranched alkanes of at least 4 members (excludes halogenated alkanes) is 1. The molecule has 0 bridgehead atoms. The number of ether oxygens (including phenoxy) is 1. The van der Waals surface area contributed by atoms with Gasteiger partial charge in [-0.2, -0.15) is 0 Å². The van der Waals surface area contributed by atoms with Crippen molar-refractivity contribution in [1.29, 1.82) is 0 Å². The minimum absolute atomic E-state index is 0.0118. The Hall–Kier alpha value is -3.56. The number of nitrogens with one attached hydrogen (secondary N) is 1. The lowest BCUT2D eigenvalue weighted by Crippen LogP contribution is -2.52. The molecular weight excluding hydrogens is 574 g/mol. The second-order valence-corrected chi connectivity index (χ2v) is 12.5. The van der Waals surface area contributed by atoms with Gasteiger partial charge in [0.2, 0.25) is 11.8 Å². The standard InChI is InChI=1S/C32H40ClN3O5S/c1-6-8-19-34-32(38)28(7-2)35(21-25-12-10-9-11-24(25)4)31(37)22-36(29-20-26(33)15-18-30(29)41-5)42(39,40)27-16-13-23(3)14-17-27/h9-18,20,28H,6-8,19,21-22H2,1-5H3,(H,34,38). The molecule has 3 rings (SSSR count). The Labute approximate surface area is 254 Å². The van der Waals surface area contributed by atoms with Crippen LogP contribution >= 0.6 is 11.6 Å². The van der Waals surface area contributed by atoms with Gasteiger partial charge in [-0.1, -0.05) is 73.8 Å². The fraction of sp³-hybridized carbons (Fsp3) is 0.375. The number of amides is 2. The molecule has 1 N–H and O–H groups in total. The van der Waals surface area contributed by atoms with Gasteiger partial charge in [0.15, 0.2) is 0 Å². The Kier molecular flexibility index (Phi) is 11.8. The van der Waals surface area contributed by atoms with Crippen molar-refractivity contribution in [3.8, 4) is 5.75 Å². The first kappa shape index (κ1) is 32.9. The van der Waals surface area contributed by atoms with Gasteiger partial charge < -0.3 is 15.0 Å². The highest BCUT2D eigenvalue weighted by Crippen LogP contribution is 2.35. The third kappa shape index (κ3) is 8.04. The molecule has 0 aromatic heterocycles. The third-order valence-electron chi connectivity index (χ3n) is 7.11. The molecule has 0 saturated heterocycles. The van der Waals surface area contributed by atoms with E-state index >= 15 is 0 Å². The molecule has 3 aromatic carbocycles. The fourth-order valence-corrected chi connectivity index (χ4v) is 6.19. The first-order chi connectivity index (χ1) is 20.0. The van der Waals surface area contributed by atoms with Crippen molar-refractivity contribution >= 4 is 39.1 Å². The average molecular weight is 614 g/mol. The number of carbonyl (C=O) groups excluding carboxylic acids is 2. The number of anilines is 1. The van der Waals surface area contributed by atoms with Crippen molar-refractivity contribution in [2.24, 2.45) is 0 Å². The van der Waals surface area contributed by atoms with Crippen molar-refractivity contribution in [3.63, 3.8) is 0 Å². The summed E-state index contributed by atoms with van der Waals surface area (Å²) in [6.45, 7) is 7.72. The van der Waals surface area contributed by atoms with Gasteiger partial charge in [-0.05, 0) is 68.1 Å². The number of rotatable bonds is 14. The van der Waals surface area contributed by atoms with E-state index in [1.165, 1.54) is 30.2 Å². The number of methoxy groups -OCH3 is 1. The molecule has 0 heterocycles. The second-order valence-electron chi connectivity index (χ2n) is 10.2. The van der Waals surface area contributed by atoms with Gasteiger partial charge in [-0.15, -0.1) is 0 Å². The molecule has 0 radical (unpaired) electrons. The van der Waals surface area contributed by atoms with Gasteiger partial charge in [0.1, 0.15) is 18.3 Å². The quantitative estimate of drug-likeness (QED) is 0.229. The van der Waals surface area contributed by atoms with Crippen LogP contribution in [0.1, 0.15) is 49.8 Å². The molecule has 3 aromatic rings. The number of sulfonamides is 1. The van der Waals surface area contributed by atoms with Crippen LogP contribution in [-0.2, 0) is 26.2 Å². The number of halogens is 1. The largest absolute Gasteiger partial charge is 0.495 e. The van der Waals surface area contributed by atoms with Gasteiger partial charge in [-0.3, -0.25) is 13.9 Å². The average Bonchev–Trinajstić information content (AvgIpc) is 2.97. The summed E-state index contributed by atoms with van der Waals surface area (Å²) >= 11 is 6.31. The number of hydrogen-bond donors (Lipinski definition) is 1. The van der Waals surface area contributed by atoms with Crippen molar-refractivity contribution in [2.75, 3.05) is 24.5 Å². The van der Waals surface area contributed by atoms with Crippen LogP contribution in [0.25, 0.3) is 0 Å². The van der Waals surface area contributed by atoms with Crippen LogP contribution < -0.4 is 14.4 Å². The maximum atomic E-state index is 14.3. The molecular formula is C32H40ClN3O5S. The normalized spacial score (nSPS) is 12.0. The molecule has 42 heavy (non-hydrogen) atoms. The molecule has 0 aliphatic carbocycles. The zero-order valence-electron chi connectivity index (χ0n) is 24.9. The van der Waals surface area contributed by atoms with E-state index in [4.69, 9.17) is 16.3 Å². The van der Waals surface area contributed by atoms with Crippen LogP contribution in [0.3, 0.4) is 0 Å². The van der Waals surface area contributed by atoms with E-state index in [1.807, 2.05) is 52.0 Å². The lowest BCUT2D eigenvalue weighted by molar-refractivity contribution is -0.140. The topological polar surface area (TPSA) is 96.0 Å². The van der Waals surface area contributed by atoms with Crippen LogP contribution in [0, 0.1) is 13.8 Å². The first-order valence-electron chi connectivity index (χ1n) is 14.1. The summed E-state index contributed by atoms with van der Waals surface area (Å²) in [6.07, 6.45) is 2.07. The zero-order valence-corrected chi connectivity index (χ0v) is 26.5. The predicted molar refractivity (Wildman–Crippen MR) is 167 cm³/mol. The van der Waals surface area contributed by atoms with Crippen LogP contribution in [0.2, 0.25) is 5.02 Å². The van der Waals surface area contributed by atoms with Crippen LogP contribution in [0.4, 0.5) is 5.69 Å². The van der Waals surface area contributed by atoms with Crippen molar-refractivity contribution in [1.82, 2.24) is 10.2 Å². The molecule has 226 valence electrons. The number of carbonyl (C=O) groups is 2. The molecule has 1 unspecified atom stereocenters. The number of nitrogens with zero attached hydrogens (tertiary/aromatic N) is 2. The molecule has 0 aliphatic heterocycles. The van der Waals surface area contributed by atoms with E-state index in [1.54, 1.807) is 24.3 Å². The molecule has 8 nitrogen and oxygen atoms in total. The Morgan fingerprint density at radius 3 is 2.31 bits per heavy atom. The minimum atomic E-state index is -4.25. The molecule has 0 aliphatic rings. The minimum Gasteiger partial charge on any atom is -0.495 e. The number of hydrogen-bond acceptors (Lipinski definition) is 5. The van der Waals surface area contributed by atoms with Gasteiger partial charge in [0.05, 0.1) is 17.7 Å². The Bertz CT molecular complexity index is 1480. The first-order valence-corrected chi connectivity index (χ1v) is 15.9. The van der Waals surface area contributed by atoms with Crippen LogP contribution in [0.15, 0.2) is 71.6 Å². The second kappa shape index (κ2) is 15.1. The van der Waals surface area contributed by atoms with E-state index in [0.29, 0.717) is 13.0 Å². The van der Waals surface area contributed by atoms with Crippen LogP contribution in [-0.4, -0.2) is 51.4 Å². The summed E-state index contributed by atoms with van der Waals surface area (Å²) in [5.41, 5.74) is 2.83. The maximum Gasteiger partial charge on any atom is 0.264 e. The Morgan fingerprint density at radius 1 is 1.00 bits per heavy atom. The fourth-order valence-electron chi connectivity index (χ4n) is 4.61. The smallest absolute Gasteiger partial charge is 0.264 e. The van der Waals surface area contributed by atoms with Crippen molar-refractivity contribution in [2.45, 2.75) is 64.4 Å². The SMILES string of the molecule is CCCCNC(=O)C(CC)N(Cc1ccccc1C)C(=O)CN(c1cc(Cl)ccc1OC)S(=O)(=O)c1ccc(C)cc1. The van der Waals surface area contributed by atoms with Crippen LogP contribution in [0.5, 0.6) is 5.75 Å². The van der Waals surface area contributed by atoms with Gasteiger partial charge >= 0.3 is 0 Å².